The Hall–Kier alpha value is -2.68. The minimum absolute atomic E-state index is 0.266. The number of nitrogens with one attached hydrogen (secondary N) is 2. The van der Waals surface area contributed by atoms with Gasteiger partial charge >= 0.3 is 0 Å². The molecule has 1 unspecified atom stereocenters. The smallest absolute Gasteiger partial charge is 0.258 e. The predicted molar refractivity (Wildman–Crippen MR) is 108 cm³/mol. The van der Waals surface area contributed by atoms with E-state index >= 15 is 0 Å². The molecule has 2 N–H and O–H groups in total. The van der Waals surface area contributed by atoms with Crippen LogP contribution in [0.25, 0.3) is 5.95 Å². The van der Waals surface area contributed by atoms with Gasteiger partial charge in [0, 0.05) is 18.3 Å². The highest BCUT2D eigenvalue weighted by Crippen LogP contribution is 2.19. The Labute approximate surface area is 163 Å². The van der Waals surface area contributed by atoms with Gasteiger partial charge in [0.25, 0.3) is 5.95 Å². The Morgan fingerprint density at radius 2 is 1.85 bits per heavy atom. The fourth-order valence-electron chi connectivity index (χ4n) is 2.22. The fraction of sp³-hybridized carbons (Fsp3) is 0.389. The molecule has 0 aliphatic rings. The van der Waals surface area contributed by atoms with E-state index in [0.29, 0.717) is 23.0 Å². The van der Waals surface area contributed by atoms with Crippen LogP contribution in [0, 0.1) is 0 Å². The predicted octanol–water partition coefficient (Wildman–Crippen LogP) is 3.39. The zero-order valence-corrected chi connectivity index (χ0v) is 16.6. The Balaban J connectivity index is 1.77. The molecule has 2 aromatic heterocycles. The molecular formula is C18H24N8S. The van der Waals surface area contributed by atoms with Gasteiger partial charge in [0.15, 0.2) is 0 Å². The number of hydrogen-bond donors (Lipinski definition) is 2. The van der Waals surface area contributed by atoms with Crippen LogP contribution < -0.4 is 10.6 Å². The van der Waals surface area contributed by atoms with E-state index in [1.54, 1.807) is 22.8 Å². The molecular weight excluding hydrogens is 360 g/mol. The van der Waals surface area contributed by atoms with Crippen molar-refractivity contribution in [3.05, 3.63) is 42.2 Å². The summed E-state index contributed by atoms with van der Waals surface area (Å²) >= 11 is 1.58. The first kappa shape index (κ1) is 19.1. The van der Waals surface area contributed by atoms with E-state index in [9.17, 15) is 0 Å². The van der Waals surface area contributed by atoms with Crippen LogP contribution in [0.15, 0.2) is 41.8 Å². The van der Waals surface area contributed by atoms with E-state index in [1.807, 2.05) is 25.1 Å². The van der Waals surface area contributed by atoms with E-state index in [4.69, 9.17) is 0 Å². The lowest BCUT2D eigenvalue weighted by Crippen LogP contribution is -2.18. The lowest BCUT2D eigenvalue weighted by molar-refractivity contribution is 0.735. The van der Waals surface area contributed by atoms with Crippen molar-refractivity contribution in [1.29, 1.82) is 0 Å². The van der Waals surface area contributed by atoms with Crippen molar-refractivity contribution in [1.82, 2.24) is 29.7 Å². The molecule has 3 aromatic rings. The lowest BCUT2D eigenvalue weighted by atomic mass is 10.2. The van der Waals surface area contributed by atoms with Crippen LogP contribution in [-0.2, 0) is 5.75 Å². The molecule has 142 valence electrons. The number of aromatic nitrogens is 6. The third-order valence-corrected chi connectivity index (χ3v) is 4.76. The number of rotatable bonds is 9. The highest BCUT2D eigenvalue weighted by molar-refractivity contribution is 7.98. The van der Waals surface area contributed by atoms with E-state index in [-0.39, 0.29) is 6.04 Å². The average molecular weight is 385 g/mol. The zero-order chi connectivity index (χ0) is 19.1. The van der Waals surface area contributed by atoms with Crippen LogP contribution in [0.2, 0.25) is 0 Å². The van der Waals surface area contributed by atoms with Gasteiger partial charge in [-0.3, -0.25) is 0 Å². The lowest BCUT2D eigenvalue weighted by Gasteiger charge is -2.13. The first-order chi connectivity index (χ1) is 13.2. The summed E-state index contributed by atoms with van der Waals surface area (Å²) in [6.07, 6.45) is 2.60. The molecule has 0 saturated heterocycles. The monoisotopic (exact) mass is 384 g/mol. The fourth-order valence-corrected chi connectivity index (χ4v) is 2.98. The number of hydrogen-bond acceptors (Lipinski definition) is 8. The summed E-state index contributed by atoms with van der Waals surface area (Å²) in [7, 11) is 0. The molecule has 0 aliphatic heterocycles. The van der Waals surface area contributed by atoms with Crippen molar-refractivity contribution >= 4 is 23.7 Å². The molecule has 1 atom stereocenters. The van der Waals surface area contributed by atoms with Crippen molar-refractivity contribution in [3.8, 4) is 5.95 Å². The normalized spacial score (nSPS) is 12.0. The first-order valence-electron chi connectivity index (χ1n) is 9.03. The maximum atomic E-state index is 4.50. The molecule has 9 heteroatoms. The second kappa shape index (κ2) is 9.31. The van der Waals surface area contributed by atoms with Crippen molar-refractivity contribution in [2.45, 2.75) is 44.1 Å². The summed E-state index contributed by atoms with van der Waals surface area (Å²) in [5.41, 5.74) is 1.23. The quantitative estimate of drug-likeness (QED) is 0.542. The van der Waals surface area contributed by atoms with E-state index in [2.05, 4.69) is 61.6 Å². The van der Waals surface area contributed by atoms with Gasteiger partial charge in [-0.25, -0.2) is 4.98 Å². The minimum atomic E-state index is 0.266. The van der Waals surface area contributed by atoms with Gasteiger partial charge in [-0.2, -0.15) is 19.6 Å². The van der Waals surface area contributed by atoms with Gasteiger partial charge in [0.2, 0.25) is 17.1 Å². The van der Waals surface area contributed by atoms with Gasteiger partial charge < -0.3 is 10.6 Å². The summed E-state index contributed by atoms with van der Waals surface area (Å²) in [6, 6.07) is 10.5. The number of anilines is 2. The molecule has 0 bridgehead atoms. The molecule has 0 aliphatic carbocycles. The molecule has 1 aromatic carbocycles. The zero-order valence-electron chi connectivity index (χ0n) is 15.8. The summed E-state index contributed by atoms with van der Waals surface area (Å²) in [5.74, 6) is 2.29. The van der Waals surface area contributed by atoms with Crippen LogP contribution in [0.5, 0.6) is 0 Å². The molecule has 3 rings (SSSR count). The van der Waals surface area contributed by atoms with Crippen molar-refractivity contribution in [2.75, 3.05) is 17.2 Å². The first-order valence-corrected chi connectivity index (χ1v) is 10.0. The van der Waals surface area contributed by atoms with Crippen molar-refractivity contribution < 1.29 is 0 Å². The highest BCUT2D eigenvalue weighted by Gasteiger charge is 2.12. The highest BCUT2D eigenvalue weighted by atomic mass is 32.2. The Bertz CT molecular complexity index is 852. The van der Waals surface area contributed by atoms with Crippen LogP contribution in [-0.4, -0.2) is 42.3 Å². The Morgan fingerprint density at radius 3 is 2.59 bits per heavy atom. The van der Waals surface area contributed by atoms with Crippen molar-refractivity contribution in [2.24, 2.45) is 0 Å². The minimum Gasteiger partial charge on any atom is -0.354 e. The Kier molecular flexibility index (Phi) is 6.59. The summed E-state index contributed by atoms with van der Waals surface area (Å²) in [4.78, 5) is 17.7. The second-order valence-electron chi connectivity index (χ2n) is 6.01. The number of thioether (sulfide) groups is 1. The molecule has 8 nitrogen and oxygen atoms in total. The van der Waals surface area contributed by atoms with Crippen LogP contribution in [0.3, 0.4) is 0 Å². The summed E-state index contributed by atoms with van der Waals surface area (Å²) in [5, 5.41) is 11.6. The summed E-state index contributed by atoms with van der Waals surface area (Å²) in [6.45, 7) is 6.92. The van der Waals surface area contributed by atoms with Gasteiger partial charge in [-0.1, -0.05) is 49.0 Å². The van der Waals surface area contributed by atoms with Gasteiger partial charge in [0.05, 0.1) is 0 Å². The van der Waals surface area contributed by atoms with E-state index in [0.717, 1.165) is 18.7 Å². The van der Waals surface area contributed by atoms with Gasteiger partial charge in [0.1, 0.15) is 6.33 Å². The van der Waals surface area contributed by atoms with E-state index < -0.39 is 0 Å². The largest absolute Gasteiger partial charge is 0.354 e. The van der Waals surface area contributed by atoms with Crippen LogP contribution in [0.1, 0.15) is 32.8 Å². The number of nitrogens with zero attached hydrogens (tertiary/aromatic N) is 6. The molecule has 0 fully saturated rings. The molecule has 0 spiro atoms. The maximum Gasteiger partial charge on any atom is 0.258 e. The average Bonchev–Trinajstić information content (AvgIpc) is 3.16. The maximum absolute atomic E-state index is 4.50. The Morgan fingerprint density at radius 1 is 1.07 bits per heavy atom. The third-order valence-electron chi connectivity index (χ3n) is 3.83. The molecule has 2 heterocycles. The topological polar surface area (TPSA) is 93.4 Å². The number of benzene rings is 1. The molecule has 0 saturated carbocycles. The second-order valence-corrected chi connectivity index (χ2v) is 6.96. The van der Waals surface area contributed by atoms with Gasteiger partial charge in [-0.15, -0.1) is 5.10 Å². The third kappa shape index (κ3) is 5.40. The van der Waals surface area contributed by atoms with Crippen LogP contribution in [0.4, 0.5) is 11.9 Å². The summed E-state index contributed by atoms with van der Waals surface area (Å²) < 4.78 is 1.58. The van der Waals surface area contributed by atoms with Crippen LogP contribution >= 0.6 is 11.8 Å². The molecule has 0 radical (unpaired) electrons. The molecule has 0 amide bonds. The SMILES string of the molecule is CCNc1nc(NC(C)CC)nc(-n2cnc(SCc3ccccc3)n2)n1. The standard InChI is InChI=1S/C18H24N8S/c1-4-13(3)21-16-22-15(19-5-2)23-17(24-16)26-12-20-18(25-26)27-11-14-9-7-6-8-10-14/h6-10,12-13H,4-5,11H2,1-3H3,(H2,19,21,22,23,24). The van der Waals surface area contributed by atoms with Crippen molar-refractivity contribution in [3.63, 3.8) is 0 Å². The molecule has 27 heavy (non-hydrogen) atoms. The van der Waals surface area contributed by atoms with E-state index in [1.165, 1.54) is 5.56 Å². The van der Waals surface area contributed by atoms with Gasteiger partial charge in [-0.05, 0) is 25.8 Å².